The van der Waals surface area contributed by atoms with Crippen molar-refractivity contribution in [3.63, 3.8) is 0 Å². The van der Waals surface area contributed by atoms with Crippen molar-refractivity contribution in [1.82, 2.24) is 5.32 Å². The molecule has 0 saturated heterocycles. The first kappa shape index (κ1) is 13.8. The quantitative estimate of drug-likeness (QED) is 0.817. The molecule has 1 aliphatic rings. The summed E-state index contributed by atoms with van der Waals surface area (Å²) in [5, 5.41) is 3.94. The van der Waals surface area contributed by atoms with Crippen LogP contribution in [0.15, 0.2) is 18.2 Å². The van der Waals surface area contributed by atoms with Gasteiger partial charge in [0.25, 0.3) is 0 Å². The number of nitrogens with one attached hydrogen (secondary N) is 1. The maximum Gasteiger partial charge on any atom is 0.127 e. The van der Waals surface area contributed by atoms with Crippen molar-refractivity contribution in [2.24, 2.45) is 5.92 Å². The third kappa shape index (κ3) is 3.69. The van der Waals surface area contributed by atoms with Crippen molar-refractivity contribution in [2.75, 3.05) is 6.54 Å². The summed E-state index contributed by atoms with van der Waals surface area (Å²) >= 11 is 5.77. The Morgan fingerprint density at radius 2 is 2.22 bits per heavy atom. The Labute approximate surface area is 114 Å². The number of likely N-dealkylation sites (N-methyl/N-ethyl adjacent to an activating group) is 1. The van der Waals surface area contributed by atoms with Gasteiger partial charge >= 0.3 is 0 Å². The molecule has 1 saturated carbocycles. The van der Waals surface area contributed by atoms with E-state index in [2.05, 4.69) is 12.2 Å². The van der Waals surface area contributed by atoms with E-state index in [-0.39, 0.29) is 5.82 Å². The molecule has 0 bridgehead atoms. The molecule has 3 heteroatoms. The summed E-state index contributed by atoms with van der Waals surface area (Å²) in [6.07, 6.45) is 5.96. The molecule has 100 valence electrons. The highest BCUT2D eigenvalue weighted by Crippen LogP contribution is 2.31. The summed E-state index contributed by atoms with van der Waals surface area (Å²) < 4.78 is 13.8. The molecule has 1 aromatic carbocycles. The fourth-order valence-electron chi connectivity index (χ4n) is 2.61. The van der Waals surface area contributed by atoms with E-state index in [0.29, 0.717) is 11.1 Å². The van der Waals surface area contributed by atoms with Gasteiger partial charge in [-0.05, 0) is 43.0 Å². The maximum absolute atomic E-state index is 13.8. The Morgan fingerprint density at radius 3 is 2.78 bits per heavy atom. The Kier molecular flexibility index (Phi) is 5.02. The van der Waals surface area contributed by atoms with Gasteiger partial charge in [-0.3, -0.25) is 0 Å². The van der Waals surface area contributed by atoms with Gasteiger partial charge in [-0.15, -0.1) is 0 Å². The van der Waals surface area contributed by atoms with Crippen LogP contribution in [0.5, 0.6) is 0 Å². The molecule has 0 radical (unpaired) electrons. The molecular weight excluding hydrogens is 249 g/mol. The van der Waals surface area contributed by atoms with E-state index in [9.17, 15) is 4.39 Å². The van der Waals surface area contributed by atoms with Gasteiger partial charge in [0.2, 0.25) is 0 Å². The molecule has 0 aliphatic heterocycles. The van der Waals surface area contributed by atoms with E-state index in [1.807, 2.05) is 6.07 Å². The highest BCUT2D eigenvalue weighted by molar-refractivity contribution is 6.30. The first-order valence-corrected chi connectivity index (χ1v) is 7.24. The third-order valence-corrected chi connectivity index (χ3v) is 4.05. The zero-order valence-electron chi connectivity index (χ0n) is 10.9. The van der Waals surface area contributed by atoms with Crippen LogP contribution in [-0.2, 0) is 6.42 Å². The van der Waals surface area contributed by atoms with Crippen molar-refractivity contribution < 1.29 is 4.39 Å². The summed E-state index contributed by atoms with van der Waals surface area (Å²) in [5.74, 6) is 0.656. The molecule has 18 heavy (non-hydrogen) atoms. The Bertz CT molecular complexity index is 390. The Balaban J connectivity index is 1.97. The average molecular weight is 270 g/mol. The summed E-state index contributed by atoms with van der Waals surface area (Å²) in [6.45, 7) is 3.04. The molecular formula is C15H21ClFN. The fraction of sp³-hybridized carbons (Fsp3) is 0.600. The molecule has 1 nitrogen and oxygen atoms in total. The van der Waals surface area contributed by atoms with E-state index in [1.54, 1.807) is 6.07 Å². The van der Waals surface area contributed by atoms with Gasteiger partial charge in [0.1, 0.15) is 5.82 Å². The number of rotatable bonds is 6. The van der Waals surface area contributed by atoms with Crippen LogP contribution >= 0.6 is 11.6 Å². The summed E-state index contributed by atoms with van der Waals surface area (Å²) in [5.41, 5.74) is 0.768. The van der Waals surface area contributed by atoms with Crippen molar-refractivity contribution in [3.8, 4) is 0 Å². The van der Waals surface area contributed by atoms with Crippen LogP contribution in [0.3, 0.4) is 0 Å². The normalized spacial score (nSPS) is 17.5. The van der Waals surface area contributed by atoms with Crippen LogP contribution in [0.1, 0.15) is 38.2 Å². The lowest BCUT2D eigenvalue weighted by Gasteiger charge is -2.30. The van der Waals surface area contributed by atoms with E-state index in [0.717, 1.165) is 30.9 Å². The van der Waals surface area contributed by atoms with E-state index in [1.165, 1.54) is 25.3 Å². The van der Waals surface area contributed by atoms with E-state index < -0.39 is 0 Å². The lowest BCUT2D eigenvalue weighted by molar-refractivity contribution is 0.259. The highest BCUT2D eigenvalue weighted by atomic mass is 35.5. The number of hydrogen-bond donors (Lipinski definition) is 1. The van der Waals surface area contributed by atoms with Crippen LogP contribution in [0.2, 0.25) is 5.02 Å². The molecule has 0 amide bonds. The minimum Gasteiger partial charge on any atom is -0.314 e. The van der Waals surface area contributed by atoms with Gasteiger partial charge in [-0.2, -0.15) is 0 Å². The van der Waals surface area contributed by atoms with Crippen molar-refractivity contribution in [1.29, 1.82) is 0 Å². The zero-order valence-corrected chi connectivity index (χ0v) is 11.6. The topological polar surface area (TPSA) is 12.0 Å². The van der Waals surface area contributed by atoms with E-state index >= 15 is 0 Å². The standard InChI is InChI=1S/C15H21ClFN/c1-2-18-14(8-11-4-3-5-11)9-12-6-7-13(16)10-15(12)17/h6-7,10-11,14,18H,2-5,8-9H2,1H3. The van der Waals surface area contributed by atoms with Crippen molar-refractivity contribution in [3.05, 3.63) is 34.6 Å². The summed E-state index contributed by atoms with van der Waals surface area (Å²) in [4.78, 5) is 0. The van der Waals surface area contributed by atoms with Gasteiger partial charge in [0, 0.05) is 11.1 Å². The summed E-state index contributed by atoms with van der Waals surface area (Å²) in [7, 11) is 0. The smallest absolute Gasteiger partial charge is 0.127 e. The molecule has 1 fully saturated rings. The Morgan fingerprint density at radius 1 is 1.44 bits per heavy atom. The van der Waals surface area contributed by atoms with Gasteiger partial charge in [-0.25, -0.2) is 4.39 Å². The minimum atomic E-state index is -0.181. The second kappa shape index (κ2) is 6.53. The zero-order chi connectivity index (χ0) is 13.0. The third-order valence-electron chi connectivity index (χ3n) is 3.82. The Hall–Kier alpha value is -0.600. The van der Waals surface area contributed by atoms with Crippen LogP contribution in [0.25, 0.3) is 0 Å². The lowest BCUT2D eigenvalue weighted by atomic mass is 9.80. The molecule has 0 spiro atoms. The van der Waals surface area contributed by atoms with Gasteiger partial charge in [-0.1, -0.05) is 43.9 Å². The molecule has 1 atom stereocenters. The SMILES string of the molecule is CCNC(Cc1ccc(Cl)cc1F)CC1CCC1. The molecule has 1 aromatic rings. The number of benzene rings is 1. The van der Waals surface area contributed by atoms with E-state index in [4.69, 9.17) is 11.6 Å². The molecule has 0 heterocycles. The largest absolute Gasteiger partial charge is 0.314 e. The van der Waals surface area contributed by atoms with Gasteiger partial charge in [0.05, 0.1) is 0 Å². The first-order valence-electron chi connectivity index (χ1n) is 6.86. The predicted molar refractivity (Wildman–Crippen MR) is 74.5 cm³/mol. The van der Waals surface area contributed by atoms with Gasteiger partial charge < -0.3 is 5.32 Å². The monoisotopic (exact) mass is 269 g/mol. The lowest BCUT2D eigenvalue weighted by Crippen LogP contribution is -2.34. The molecule has 1 unspecified atom stereocenters. The van der Waals surface area contributed by atoms with Crippen LogP contribution in [0.4, 0.5) is 4.39 Å². The summed E-state index contributed by atoms with van der Waals surface area (Å²) in [6, 6.07) is 5.37. The number of halogens is 2. The van der Waals surface area contributed by atoms with Crippen LogP contribution < -0.4 is 5.32 Å². The van der Waals surface area contributed by atoms with Crippen LogP contribution in [-0.4, -0.2) is 12.6 Å². The number of hydrogen-bond acceptors (Lipinski definition) is 1. The molecule has 0 aromatic heterocycles. The highest BCUT2D eigenvalue weighted by Gasteiger charge is 2.22. The maximum atomic E-state index is 13.8. The average Bonchev–Trinajstić information content (AvgIpc) is 2.27. The van der Waals surface area contributed by atoms with Crippen molar-refractivity contribution >= 4 is 11.6 Å². The predicted octanol–water partition coefficient (Wildman–Crippen LogP) is 4.19. The van der Waals surface area contributed by atoms with Crippen molar-refractivity contribution in [2.45, 2.75) is 45.1 Å². The van der Waals surface area contributed by atoms with Gasteiger partial charge in [0.15, 0.2) is 0 Å². The second-order valence-corrected chi connectivity index (χ2v) is 5.66. The molecule has 1 N–H and O–H groups in total. The molecule has 1 aliphatic carbocycles. The minimum absolute atomic E-state index is 0.181. The second-order valence-electron chi connectivity index (χ2n) is 5.23. The molecule has 2 rings (SSSR count). The van der Waals surface area contributed by atoms with Crippen LogP contribution in [0, 0.1) is 11.7 Å². The fourth-order valence-corrected chi connectivity index (χ4v) is 2.77. The first-order chi connectivity index (χ1) is 8.69.